The Labute approximate surface area is 387 Å². The van der Waals surface area contributed by atoms with Gasteiger partial charge in [-0.1, -0.05) is 279 Å². The van der Waals surface area contributed by atoms with Gasteiger partial charge in [-0.05, 0) is 57.8 Å². The van der Waals surface area contributed by atoms with E-state index in [4.69, 9.17) is 0 Å². The van der Waals surface area contributed by atoms with E-state index < -0.39 is 12.1 Å². The Morgan fingerprint density at radius 3 is 1.05 bits per heavy atom. The van der Waals surface area contributed by atoms with Gasteiger partial charge in [-0.15, -0.1) is 0 Å². The maximum Gasteiger partial charge on any atom is 0.220 e. The van der Waals surface area contributed by atoms with Crippen LogP contribution in [0.25, 0.3) is 0 Å². The molecule has 4 nitrogen and oxygen atoms in total. The molecule has 0 aliphatic carbocycles. The largest absolute Gasteiger partial charge is 0.394 e. The van der Waals surface area contributed by atoms with Crippen LogP contribution in [0.2, 0.25) is 0 Å². The van der Waals surface area contributed by atoms with Crippen molar-refractivity contribution in [3.05, 3.63) is 72.9 Å². The van der Waals surface area contributed by atoms with Crippen LogP contribution in [0.1, 0.15) is 271 Å². The number of hydrogen-bond acceptors (Lipinski definition) is 3. The van der Waals surface area contributed by atoms with E-state index >= 15 is 0 Å². The Kier molecular flexibility index (Phi) is 51.3. The molecule has 360 valence electrons. The predicted molar refractivity (Wildman–Crippen MR) is 276 cm³/mol. The summed E-state index contributed by atoms with van der Waals surface area (Å²) in [6, 6.07) is -0.657. The Morgan fingerprint density at radius 2 is 0.710 bits per heavy atom. The smallest absolute Gasteiger partial charge is 0.220 e. The van der Waals surface area contributed by atoms with E-state index in [2.05, 4.69) is 79.9 Å². The number of allylic oxidation sites excluding steroid dienone is 11. The average molecular weight is 864 g/mol. The molecule has 1 amide bonds. The minimum Gasteiger partial charge on any atom is -0.394 e. The molecule has 2 atom stereocenters. The van der Waals surface area contributed by atoms with E-state index in [1.165, 1.54) is 193 Å². The van der Waals surface area contributed by atoms with E-state index in [0.29, 0.717) is 6.42 Å². The number of amides is 1. The third-order valence-corrected chi connectivity index (χ3v) is 12.2. The molecule has 0 radical (unpaired) electrons. The normalized spacial score (nSPS) is 13.4. The van der Waals surface area contributed by atoms with E-state index in [1.807, 2.05) is 6.08 Å². The van der Waals surface area contributed by atoms with Crippen molar-refractivity contribution in [2.75, 3.05) is 6.61 Å². The summed E-state index contributed by atoms with van der Waals surface area (Å²) in [5.41, 5.74) is 0. The fourth-order valence-corrected chi connectivity index (χ4v) is 8.10. The lowest BCUT2D eigenvalue weighted by molar-refractivity contribution is -0.122. The third-order valence-electron chi connectivity index (χ3n) is 12.2. The summed E-state index contributed by atoms with van der Waals surface area (Å²) >= 11 is 0. The minimum atomic E-state index is -0.867. The van der Waals surface area contributed by atoms with Crippen LogP contribution in [0.4, 0.5) is 0 Å². The van der Waals surface area contributed by atoms with Gasteiger partial charge in [0, 0.05) is 6.42 Å². The van der Waals surface area contributed by atoms with Gasteiger partial charge in [0.05, 0.1) is 18.8 Å². The monoisotopic (exact) mass is 864 g/mol. The van der Waals surface area contributed by atoms with Gasteiger partial charge in [-0.3, -0.25) is 4.79 Å². The first-order valence-electron chi connectivity index (χ1n) is 27.2. The summed E-state index contributed by atoms with van der Waals surface area (Å²) in [6.07, 6.45) is 76.5. The fourth-order valence-electron chi connectivity index (χ4n) is 8.10. The van der Waals surface area contributed by atoms with Crippen LogP contribution >= 0.6 is 0 Å². The van der Waals surface area contributed by atoms with Crippen molar-refractivity contribution in [1.29, 1.82) is 0 Å². The molecule has 0 saturated carbocycles. The highest BCUT2D eigenvalue weighted by Gasteiger charge is 2.17. The molecule has 0 spiro atoms. The van der Waals surface area contributed by atoms with E-state index in [-0.39, 0.29) is 12.5 Å². The second-order valence-corrected chi connectivity index (χ2v) is 18.3. The number of carbonyl (C=O) groups excluding carboxylic acids is 1. The van der Waals surface area contributed by atoms with E-state index in [9.17, 15) is 15.0 Å². The van der Waals surface area contributed by atoms with Crippen LogP contribution in [0.3, 0.4) is 0 Å². The molecule has 4 heteroatoms. The maximum absolute atomic E-state index is 12.4. The maximum atomic E-state index is 12.4. The molecule has 0 heterocycles. The summed E-state index contributed by atoms with van der Waals surface area (Å²) in [6.45, 7) is 4.18. The third kappa shape index (κ3) is 48.9. The summed E-state index contributed by atoms with van der Waals surface area (Å²) in [7, 11) is 0. The van der Waals surface area contributed by atoms with E-state index in [1.54, 1.807) is 6.08 Å². The number of nitrogens with one attached hydrogen (secondary N) is 1. The molecular formula is C58H105NO3. The van der Waals surface area contributed by atoms with Crippen LogP contribution in [0, 0.1) is 0 Å². The zero-order chi connectivity index (χ0) is 44.9. The number of carbonyl (C=O) groups is 1. The standard InChI is InChI=1S/C58H105NO3/c1-3-5-7-9-11-13-15-17-19-21-22-23-24-25-26-27-28-29-30-31-32-33-34-35-36-38-39-41-43-45-47-49-51-53-57(61)56(55-60)59-58(62)54-52-50-48-46-44-42-40-37-20-18-16-14-12-10-8-6-4-2/h6,8,12,14,18,20,40,42,46,48,51,53,56-57,60-61H,3-5,7,9-11,13,15-17,19,21-39,41,43-45,47,49-50,52,54-55H2,1-2H3,(H,59,62)/b8-6-,14-12-,20-18-,42-40-,48-46-,53-51+. The molecule has 62 heavy (non-hydrogen) atoms. The van der Waals surface area contributed by atoms with Crippen LogP contribution < -0.4 is 5.32 Å². The number of hydrogen-bond donors (Lipinski definition) is 3. The molecule has 0 bridgehead atoms. The predicted octanol–water partition coefficient (Wildman–Crippen LogP) is 17.8. The van der Waals surface area contributed by atoms with E-state index in [0.717, 1.165) is 57.8 Å². The lowest BCUT2D eigenvalue weighted by Crippen LogP contribution is -2.45. The molecule has 0 aliphatic rings. The van der Waals surface area contributed by atoms with Crippen molar-refractivity contribution in [1.82, 2.24) is 5.32 Å². The Bertz CT molecular complexity index is 1070. The van der Waals surface area contributed by atoms with Gasteiger partial charge < -0.3 is 15.5 Å². The van der Waals surface area contributed by atoms with Crippen LogP contribution in [0.5, 0.6) is 0 Å². The molecule has 0 aromatic rings. The summed E-state index contributed by atoms with van der Waals surface area (Å²) in [4.78, 5) is 12.4. The molecule has 0 saturated heterocycles. The van der Waals surface area contributed by atoms with Gasteiger partial charge in [0.15, 0.2) is 0 Å². The van der Waals surface area contributed by atoms with Gasteiger partial charge in [0.25, 0.3) is 0 Å². The lowest BCUT2D eigenvalue weighted by atomic mass is 10.0. The Balaban J connectivity index is 3.51. The first-order valence-corrected chi connectivity index (χ1v) is 27.2. The van der Waals surface area contributed by atoms with Crippen molar-refractivity contribution < 1.29 is 15.0 Å². The summed E-state index contributed by atoms with van der Waals surface area (Å²) in [5.74, 6) is -0.120. The Morgan fingerprint density at radius 1 is 0.403 bits per heavy atom. The number of aliphatic hydroxyl groups is 2. The first kappa shape index (κ1) is 59.8. The van der Waals surface area contributed by atoms with Gasteiger partial charge in [0.2, 0.25) is 5.91 Å². The highest BCUT2D eigenvalue weighted by Crippen LogP contribution is 2.17. The molecule has 3 N–H and O–H groups in total. The highest BCUT2D eigenvalue weighted by atomic mass is 16.3. The van der Waals surface area contributed by atoms with Gasteiger partial charge in [-0.25, -0.2) is 0 Å². The zero-order valence-electron chi connectivity index (χ0n) is 41.4. The number of rotatable bonds is 49. The molecule has 2 unspecified atom stereocenters. The van der Waals surface area contributed by atoms with Gasteiger partial charge >= 0.3 is 0 Å². The molecule has 0 fully saturated rings. The van der Waals surface area contributed by atoms with Crippen LogP contribution in [-0.2, 0) is 4.79 Å². The minimum absolute atomic E-state index is 0.120. The fraction of sp³-hybridized carbons (Fsp3) is 0.776. The quantitative estimate of drug-likeness (QED) is 0.0421. The van der Waals surface area contributed by atoms with Crippen LogP contribution in [-0.4, -0.2) is 34.9 Å². The average Bonchev–Trinajstić information content (AvgIpc) is 3.28. The van der Waals surface area contributed by atoms with Crippen molar-refractivity contribution in [3.8, 4) is 0 Å². The first-order chi connectivity index (χ1) is 30.7. The Hall–Kier alpha value is -2.17. The molecule has 0 aliphatic heterocycles. The highest BCUT2D eigenvalue weighted by molar-refractivity contribution is 5.76. The second kappa shape index (κ2) is 53.2. The van der Waals surface area contributed by atoms with Crippen molar-refractivity contribution in [3.63, 3.8) is 0 Å². The molecular weight excluding hydrogens is 759 g/mol. The van der Waals surface area contributed by atoms with Crippen LogP contribution in [0.15, 0.2) is 72.9 Å². The number of unbranched alkanes of at least 4 members (excludes halogenated alkanes) is 32. The van der Waals surface area contributed by atoms with Crippen molar-refractivity contribution >= 4 is 5.91 Å². The SMILES string of the molecule is CC/C=C\C/C=C\C/C=C\C/C=C\C/C=C\CCCC(=O)NC(CO)C(O)/C=C/CCCCCCCCCCCCCCCCCCCCCCCCCCCCCCCCC. The van der Waals surface area contributed by atoms with Crippen molar-refractivity contribution in [2.45, 2.75) is 283 Å². The van der Waals surface area contributed by atoms with Gasteiger partial charge in [-0.2, -0.15) is 0 Å². The summed E-state index contributed by atoms with van der Waals surface area (Å²) in [5, 5.41) is 23.1. The molecule has 0 rings (SSSR count). The summed E-state index contributed by atoms with van der Waals surface area (Å²) < 4.78 is 0. The lowest BCUT2D eigenvalue weighted by Gasteiger charge is -2.19. The molecule has 0 aromatic carbocycles. The van der Waals surface area contributed by atoms with Gasteiger partial charge in [0.1, 0.15) is 0 Å². The molecule has 0 aromatic heterocycles. The zero-order valence-corrected chi connectivity index (χ0v) is 41.4. The topological polar surface area (TPSA) is 69.6 Å². The second-order valence-electron chi connectivity index (χ2n) is 18.3. The number of aliphatic hydroxyl groups excluding tert-OH is 2. The van der Waals surface area contributed by atoms with Crippen molar-refractivity contribution in [2.24, 2.45) is 0 Å².